The van der Waals surface area contributed by atoms with Crippen LogP contribution < -0.4 is 10.2 Å². The van der Waals surface area contributed by atoms with Crippen LogP contribution in [0.2, 0.25) is 0 Å². The Bertz CT molecular complexity index is 1110. The van der Waals surface area contributed by atoms with Crippen molar-refractivity contribution >= 4 is 33.0 Å². The average molecular weight is 461 g/mol. The molecule has 1 N–H and O–H groups in total. The highest BCUT2D eigenvalue weighted by Gasteiger charge is 2.27. The highest BCUT2D eigenvalue weighted by atomic mass is 32.2. The minimum absolute atomic E-state index is 0.141. The van der Waals surface area contributed by atoms with Crippen molar-refractivity contribution in [1.82, 2.24) is 4.31 Å². The molecule has 10 nitrogen and oxygen atoms in total. The number of ether oxygens (including phenoxy) is 1. The molecule has 0 aliphatic carbocycles. The number of benzene rings is 2. The molecule has 0 aromatic heterocycles. The van der Waals surface area contributed by atoms with Gasteiger partial charge >= 0.3 is 0 Å². The zero-order valence-electron chi connectivity index (χ0n) is 17.4. The van der Waals surface area contributed by atoms with Crippen LogP contribution in [0.4, 0.5) is 17.1 Å². The van der Waals surface area contributed by atoms with E-state index in [0.29, 0.717) is 50.8 Å². The van der Waals surface area contributed by atoms with Gasteiger partial charge in [0.2, 0.25) is 10.0 Å². The Labute approximate surface area is 186 Å². The summed E-state index contributed by atoms with van der Waals surface area (Å²) in [4.78, 5) is 25.8. The van der Waals surface area contributed by atoms with E-state index in [4.69, 9.17) is 4.74 Å². The highest BCUT2D eigenvalue weighted by molar-refractivity contribution is 7.89. The predicted molar refractivity (Wildman–Crippen MR) is 119 cm³/mol. The first-order valence-electron chi connectivity index (χ1n) is 10.4. The molecule has 4 rings (SSSR count). The van der Waals surface area contributed by atoms with Gasteiger partial charge in [-0.3, -0.25) is 14.9 Å². The molecule has 1 amide bonds. The van der Waals surface area contributed by atoms with Crippen LogP contribution in [0.1, 0.15) is 23.2 Å². The Kier molecular flexibility index (Phi) is 6.40. The van der Waals surface area contributed by atoms with Crippen LogP contribution in [0.5, 0.6) is 0 Å². The number of hydrogen-bond acceptors (Lipinski definition) is 7. The van der Waals surface area contributed by atoms with Crippen LogP contribution in [-0.2, 0) is 14.8 Å². The third-order valence-corrected chi connectivity index (χ3v) is 7.51. The zero-order valence-corrected chi connectivity index (χ0v) is 18.2. The Morgan fingerprint density at radius 2 is 1.66 bits per heavy atom. The third kappa shape index (κ3) is 4.59. The van der Waals surface area contributed by atoms with Gasteiger partial charge in [0.05, 0.1) is 23.0 Å². The molecule has 2 fully saturated rings. The number of sulfonamides is 1. The zero-order chi connectivity index (χ0) is 22.7. The van der Waals surface area contributed by atoms with Crippen molar-refractivity contribution in [3.63, 3.8) is 0 Å². The molecular formula is C21H24N4O6S. The van der Waals surface area contributed by atoms with Gasteiger partial charge in [-0.25, -0.2) is 8.42 Å². The molecule has 0 bridgehead atoms. The maximum absolute atomic E-state index is 12.7. The van der Waals surface area contributed by atoms with E-state index < -0.39 is 20.9 Å². The normalized spacial score (nSPS) is 17.3. The maximum Gasteiger partial charge on any atom is 0.293 e. The van der Waals surface area contributed by atoms with E-state index in [2.05, 4.69) is 5.32 Å². The van der Waals surface area contributed by atoms with Crippen molar-refractivity contribution in [2.24, 2.45) is 0 Å². The van der Waals surface area contributed by atoms with Crippen molar-refractivity contribution in [1.29, 1.82) is 0 Å². The number of nitrogens with one attached hydrogen (secondary N) is 1. The molecule has 2 heterocycles. The first kappa shape index (κ1) is 22.2. The Hall–Kier alpha value is -3.02. The lowest BCUT2D eigenvalue weighted by atomic mass is 10.1. The van der Waals surface area contributed by atoms with Gasteiger partial charge in [-0.1, -0.05) is 0 Å². The SMILES string of the molecule is O=C(Nc1ccc(S(=O)(=O)N2CCCC2)cc1)c1ccc(N2CCOCC2)c([N+](=O)[O-])c1. The monoisotopic (exact) mass is 460 g/mol. The first-order valence-corrected chi connectivity index (χ1v) is 11.8. The van der Waals surface area contributed by atoms with Gasteiger partial charge in [-0.2, -0.15) is 4.31 Å². The van der Waals surface area contributed by atoms with E-state index in [1.807, 2.05) is 4.90 Å². The molecule has 0 atom stereocenters. The Morgan fingerprint density at radius 1 is 1.00 bits per heavy atom. The minimum atomic E-state index is -3.53. The van der Waals surface area contributed by atoms with Gasteiger partial charge in [0.15, 0.2) is 0 Å². The summed E-state index contributed by atoms with van der Waals surface area (Å²) in [6.07, 6.45) is 1.70. The molecule has 0 unspecified atom stereocenters. The van der Waals surface area contributed by atoms with Crippen molar-refractivity contribution in [3.05, 3.63) is 58.1 Å². The molecule has 2 aliphatic heterocycles. The highest BCUT2D eigenvalue weighted by Crippen LogP contribution is 2.30. The van der Waals surface area contributed by atoms with E-state index in [-0.39, 0.29) is 16.1 Å². The quantitative estimate of drug-likeness (QED) is 0.519. The topological polar surface area (TPSA) is 122 Å². The van der Waals surface area contributed by atoms with Gasteiger partial charge in [-0.05, 0) is 49.2 Å². The van der Waals surface area contributed by atoms with Gasteiger partial charge in [-0.15, -0.1) is 0 Å². The number of morpholine rings is 1. The van der Waals surface area contributed by atoms with Crippen LogP contribution in [-0.4, -0.2) is 62.9 Å². The van der Waals surface area contributed by atoms with Crippen LogP contribution in [0.25, 0.3) is 0 Å². The summed E-state index contributed by atoms with van der Waals surface area (Å²) in [5, 5.41) is 14.3. The van der Waals surface area contributed by atoms with Gasteiger partial charge in [0, 0.05) is 43.5 Å². The minimum Gasteiger partial charge on any atom is -0.378 e. The second-order valence-corrected chi connectivity index (χ2v) is 9.59. The number of hydrogen-bond donors (Lipinski definition) is 1. The van der Waals surface area contributed by atoms with Crippen LogP contribution in [0.3, 0.4) is 0 Å². The van der Waals surface area contributed by atoms with Gasteiger partial charge in [0.25, 0.3) is 11.6 Å². The van der Waals surface area contributed by atoms with Crippen molar-refractivity contribution in [2.45, 2.75) is 17.7 Å². The molecule has 2 aromatic carbocycles. The number of nitro benzene ring substituents is 1. The summed E-state index contributed by atoms with van der Waals surface area (Å²) >= 11 is 0. The fraction of sp³-hybridized carbons (Fsp3) is 0.381. The molecule has 2 aliphatic rings. The van der Waals surface area contributed by atoms with Crippen LogP contribution >= 0.6 is 0 Å². The fourth-order valence-electron chi connectivity index (χ4n) is 3.87. The van der Waals surface area contributed by atoms with Crippen molar-refractivity contribution in [2.75, 3.05) is 49.6 Å². The summed E-state index contributed by atoms with van der Waals surface area (Å²) in [7, 11) is -3.53. The molecule has 0 spiro atoms. The summed E-state index contributed by atoms with van der Waals surface area (Å²) in [6.45, 7) is 3.09. The molecule has 0 saturated carbocycles. The van der Waals surface area contributed by atoms with Gasteiger partial charge in [0.1, 0.15) is 5.69 Å². The van der Waals surface area contributed by atoms with E-state index in [1.165, 1.54) is 34.6 Å². The Balaban J connectivity index is 1.50. The average Bonchev–Trinajstić information content (AvgIpc) is 3.35. The third-order valence-electron chi connectivity index (χ3n) is 5.60. The first-order chi connectivity index (χ1) is 15.4. The predicted octanol–water partition coefficient (Wildman–Crippen LogP) is 2.47. The van der Waals surface area contributed by atoms with Crippen molar-refractivity contribution in [3.8, 4) is 0 Å². The number of carbonyl (C=O) groups excluding carboxylic acids is 1. The lowest BCUT2D eigenvalue weighted by Crippen LogP contribution is -2.36. The Morgan fingerprint density at radius 3 is 2.28 bits per heavy atom. The maximum atomic E-state index is 12.7. The lowest BCUT2D eigenvalue weighted by Gasteiger charge is -2.28. The summed E-state index contributed by atoms with van der Waals surface area (Å²) in [5.74, 6) is -0.517. The molecule has 11 heteroatoms. The summed E-state index contributed by atoms with van der Waals surface area (Å²) in [6, 6.07) is 10.3. The number of amides is 1. The van der Waals surface area contributed by atoms with E-state index >= 15 is 0 Å². The second kappa shape index (κ2) is 9.23. The van der Waals surface area contributed by atoms with E-state index in [9.17, 15) is 23.3 Å². The number of anilines is 2. The molecule has 2 aromatic rings. The van der Waals surface area contributed by atoms with Crippen LogP contribution in [0, 0.1) is 10.1 Å². The molecule has 170 valence electrons. The smallest absolute Gasteiger partial charge is 0.293 e. The number of carbonyl (C=O) groups is 1. The molecule has 32 heavy (non-hydrogen) atoms. The number of rotatable bonds is 6. The van der Waals surface area contributed by atoms with Crippen LogP contribution in [0.15, 0.2) is 47.4 Å². The molecule has 2 saturated heterocycles. The van der Waals surface area contributed by atoms with E-state index in [0.717, 1.165) is 12.8 Å². The fourth-order valence-corrected chi connectivity index (χ4v) is 5.39. The second-order valence-electron chi connectivity index (χ2n) is 7.65. The number of nitro groups is 1. The summed E-state index contributed by atoms with van der Waals surface area (Å²) < 4.78 is 32.0. The van der Waals surface area contributed by atoms with Crippen molar-refractivity contribution < 1.29 is 22.9 Å². The lowest BCUT2D eigenvalue weighted by molar-refractivity contribution is -0.384. The molecule has 0 radical (unpaired) electrons. The standard InChI is InChI=1S/C21H24N4O6S/c26-21(16-3-8-19(20(15-16)25(27)28)23-11-13-31-14-12-23)22-17-4-6-18(7-5-17)32(29,30)24-9-1-2-10-24/h3-8,15H,1-2,9-14H2,(H,22,26). The largest absolute Gasteiger partial charge is 0.378 e. The number of nitrogens with zero attached hydrogens (tertiary/aromatic N) is 3. The van der Waals surface area contributed by atoms with Gasteiger partial charge < -0.3 is 15.0 Å². The summed E-state index contributed by atoms with van der Waals surface area (Å²) in [5.41, 5.74) is 0.843. The molecular weight excluding hydrogens is 436 g/mol. The van der Waals surface area contributed by atoms with E-state index in [1.54, 1.807) is 12.1 Å².